The van der Waals surface area contributed by atoms with Crippen LogP contribution in [-0.4, -0.2) is 28.4 Å². The summed E-state index contributed by atoms with van der Waals surface area (Å²) in [4.78, 5) is 31.9. The van der Waals surface area contributed by atoms with Crippen LogP contribution in [0.1, 0.15) is 48.8 Å². The third kappa shape index (κ3) is 6.60. The van der Waals surface area contributed by atoms with Crippen molar-refractivity contribution in [1.82, 2.24) is 20.6 Å². The van der Waals surface area contributed by atoms with Crippen LogP contribution in [0.4, 0.5) is 5.69 Å². The van der Waals surface area contributed by atoms with E-state index in [2.05, 4.69) is 25.9 Å². The molecule has 0 spiro atoms. The number of allylic oxidation sites excluding steroid dienone is 1. The van der Waals surface area contributed by atoms with Crippen molar-refractivity contribution < 1.29 is 14.3 Å². The molecule has 3 N–H and O–H groups in total. The van der Waals surface area contributed by atoms with Gasteiger partial charge in [-0.05, 0) is 37.5 Å². The number of rotatable bonds is 9. The van der Waals surface area contributed by atoms with Crippen LogP contribution in [-0.2, 0) is 11.3 Å². The maximum absolute atomic E-state index is 12.6. The number of anilines is 1. The largest absolute Gasteiger partial charge is 0.494 e. The molecule has 1 heterocycles. The lowest BCUT2D eigenvalue weighted by atomic mass is 10.1. The summed E-state index contributed by atoms with van der Waals surface area (Å²) >= 11 is 0. The van der Waals surface area contributed by atoms with Gasteiger partial charge in [-0.1, -0.05) is 19.1 Å². The molecule has 29 heavy (non-hydrogen) atoms. The van der Waals surface area contributed by atoms with Crippen molar-refractivity contribution in [3.05, 3.63) is 59.4 Å². The summed E-state index contributed by atoms with van der Waals surface area (Å²) in [6.45, 7) is 8.23. The fourth-order valence-electron chi connectivity index (χ4n) is 2.64. The Balaban J connectivity index is 2.07. The van der Waals surface area contributed by atoms with E-state index >= 15 is 0 Å². The van der Waals surface area contributed by atoms with Crippen molar-refractivity contribution in [1.29, 1.82) is 0 Å². The number of aryl methyl sites for hydroxylation is 1. The van der Waals surface area contributed by atoms with Gasteiger partial charge in [0.05, 0.1) is 18.5 Å². The molecule has 154 valence electrons. The maximum Gasteiger partial charge on any atom is 0.272 e. The lowest BCUT2D eigenvalue weighted by molar-refractivity contribution is -0.118. The first-order valence-corrected chi connectivity index (χ1v) is 9.48. The molecule has 0 fully saturated rings. The number of hydrogen-bond acceptors (Lipinski definition) is 6. The van der Waals surface area contributed by atoms with Gasteiger partial charge in [-0.3, -0.25) is 9.59 Å². The molecule has 0 saturated heterocycles. The zero-order chi connectivity index (χ0) is 21.2. The summed E-state index contributed by atoms with van der Waals surface area (Å²) in [5.41, 5.74) is 3.33. The average Bonchev–Trinajstić information content (AvgIpc) is 2.71. The van der Waals surface area contributed by atoms with Gasteiger partial charge in [-0.25, -0.2) is 9.97 Å². The Kier molecular flexibility index (Phi) is 8.14. The molecule has 0 atom stereocenters. The van der Waals surface area contributed by atoms with Crippen molar-refractivity contribution in [2.24, 2.45) is 0 Å². The van der Waals surface area contributed by atoms with Crippen molar-refractivity contribution in [3.8, 4) is 5.75 Å². The zero-order valence-corrected chi connectivity index (χ0v) is 17.2. The van der Waals surface area contributed by atoms with Crippen molar-refractivity contribution in [2.75, 3.05) is 11.9 Å². The highest BCUT2D eigenvalue weighted by Gasteiger charge is 2.13. The van der Waals surface area contributed by atoms with E-state index < -0.39 is 0 Å². The monoisotopic (exact) mass is 397 g/mol. The van der Waals surface area contributed by atoms with E-state index in [0.29, 0.717) is 31.0 Å². The van der Waals surface area contributed by atoms with E-state index in [1.165, 1.54) is 19.4 Å². The number of aromatic nitrogens is 2. The molecular formula is C21H27N5O3. The minimum atomic E-state index is -0.326. The zero-order valence-electron chi connectivity index (χ0n) is 17.2. The SMILES string of the molecule is CCOc1ccc(CNC(=O)c2ncncc2N/C=C(\CC)NC(C)=O)cc1C. The molecule has 0 aliphatic heterocycles. The second-order valence-electron chi connectivity index (χ2n) is 6.35. The summed E-state index contributed by atoms with van der Waals surface area (Å²) in [6.07, 6.45) is 5.09. The van der Waals surface area contributed by atoms with Gasteiger partial charge < -0.3 is 20.7 Å². The molecule has 0 aliphatic carbocycles. The molecule has 0 aliphatic rings. The third-order valence-corrected chi connectivity index (χ3v) is 4.04. The standard InChI is InChI=1S/C21H27N5O3/c1-5-17(26-15(4)27)11-23-18-12-22-13-25-20(18)21(28)24-10-16-7-8-19(29-6-2)14(3)9-16/h7-9,11-13,23H,5-6,10H2,1-4H3,(H,24,28)(H,26,27)/b17-11+. The number of amides is 2. The van der Waals surface area contributed by atoms with Crippen molar-refractivity contribution in [2.45, 2.75) is 40.7 Å². The molecule has 1 aromatic carbocycles. The van der Waals surface area contributed by atoms with Gasteiger partial charge in [0, 0.05) is 25.4 Å². The van der Waals surface area contributed by atoms with E-state index in [1.54, 1.807) is 6.20 Å². The number of nitrogens with zero attached hydrogens (tertiary/aromatic N) is 2. The molecule has 2 amide bonds. The van der Waals surface area contributed by atoms with Gasteiger partial charge in [0.15, 0.2) is 5.69 Å². The summed E-state index contributed by atoms with van der Waals surface area (Å²) in [5.74, 6) is 0.350. The summed E-state index contributed by atoms with van der Waals surface area (Å²) in [7, 11) is 0. The van der Waals surface area contributed by atoms with Crippen LogP contribution in [0.3, 0.4) is 0 Å². The first-order valence-electron chi connectivity index (χ1n) is 9.48. The van der Waals surface area contributed by atoms with E-state index in [-0.39, 0.29) is 17.5 Å². The lowest BCUT2D eigenvalue weighted by Crippen LogP contribution is -2.25. The molecular weight excluding hydrogens is 370 g/mol. The van der Waals surface area contributed by atoms with Crippen molar-refractivity contribution in [3.63, 3.8) is 0 Å². The first kappa shape index (κ1) is 21.9. The Bertz CT molecular complexity index is 896. The Labute approximate surface area is 170 Å². The molecule has 0 unspecified atom stereocenters. The van der Waals surface area contributed by atoms with Crippen LogP contribution in [0.25, 0.3) is 0 Å². The first-order chi connectivity index (χ1) is 13.9. The van der Waals surface area contributed by atoms with E-state index in [0.717, 1.165) is 16.9 Å². The van der Waals surface area contributed by atoms with Crippen LogP contribution in [0.2, 0.25) is 0 Å². The molecule has 2 aromatic rings. The predicted molar refractivity (Wildman–Crippen MR) is 111 cm³/mol. The number of nitrogens with one attached hydrogen (secondary N) is 3. The minimum absolute atomic E-state index is 0.159. The van der Waals surface area contributed by atoms with Gasteiger partial charge in [-0.2, -0.15) is 0 Å². The molecule has 8 nitrogen and oxygen atoms in total. The lowest BCUT2D eigenvalue weighted by Gasteiger charge is -2.12. The average molecular weight is 397 g/mol. The smallest absolute Gasteiger partial charge is 0.272 e. The van der Waals surface area contributed by atoms with Gasteiger partial charge >= 0.3 is 0 Å². The molecule has 2 rings (SSSR count). The molecule has 0 bridgehead atoms. The summed E-state index contributed by atoms with van der Waals surface area (Å²) in [5, 5.41) is 8.59. The Morgan fingerprint density at radius 2 is 2.03 bits per heavy atom. The van der Waals surface area contributed by atoms with Crippen LogP contribution >= 0.6 is 0 Å². The molecule has 0 saturated carbocycles. The number of carbonyl (C=O) groups is 2. The number of ether oxygens (including phenoxy) is 1. The number of hydrogen-bond donors (Lipinski definition) is 3. The third-order valence-electron chi connectivity index (χ3n) is 4.04. The second-order valence-corrected chi connectivity index (χ2v) is 6.35. The summed E-state index contributed by atoms with van der Waals surface area (Å²) in [6, 6.07) is 5.80. The molecule has 0 radical (unpaired) electrons. The quantitative estimate of drug-likeness (QED) is 0.601. The Hall–Kier alpha value is -3.42. The fraction of sp³-hybridized carbons (Fsp3) is 0.333. The highest BCUT2D eigenvalue weighted by atomic mass is 16.5. The van der Waals surface area contributed by atoms with Crippen LogP contribution in [0, 0.1) is 6.92 Å². The highest BCUT2D eigenvalue weighted by molar-refractivity contribution is 5.97. The van der Waals surface area contributed by atoms with Crippen molar-refractivity contribution >= 4 is 17.5 Å². The molecule has 8 heteroatoms. The van der Waals surface area contributed by atoms with Crippen LogP contribution in [0.15, 0.2) is 42.6 Å². The minimum Gasteiger partial charge on any atom is -0.494 e. The van der Waals surface area contributed by atoms with Gasteiger partial charge in [0.25, 0.3) is 5.91 Å². The van der Waals surface area contributed by atoms with Gasteiger partial charge in [0.1, 0.15) is 12.1 Å². The predicted octanol–water partition coefficient (Wildman–Crippen LogP) is 2.91. The van der Waals surface area contributed by atoms with Crippen LogP contribution < -0.4 is 20.7 Å². The van der Waals surface area contributed by atoms with E-state index in [1.807, 2.05) is 39.0 Å². The van der Waals surface area contributed by atoms with Gasteiger partial charge in [0.2, 0.25) is 5.91 Å². The maximum atomic E-state index is 12.6. The number of benzene rings is 1. The Morgan fingerprint density at radius 3 is 2.69 bits per heavy atom. The normalized spacial score (nSPS) is 11.0. The summed E-state index contributed by atoms with van der Waals surface area (Å²) < 4.78 is 5.54. The highest BCUT2D eigenvalue weighted by Crippen LogP contribution is 2.19. The topological polar surface area (TPSA) is 105 Å². The van der Waals surface area contributed by atoms with Crippen LogP contribution in [0.5, 0.6) is 5.75 Å². The molecule has 1 aromatic heterocycles. The Morgan fingerprint density at radius 1 is 1.24 bits per heavy atom. The van der Waals surface area contributed by atoms with Gasteiger partial charge in [-0.15, -0.1) is 0 Å². The van der Waals surface area contributed by atoms with E-state index in [4.69, 9.17) is 4.74 Å². The number of carbonyl (C=O) groups excluding carboxylic acids is 2. The second kappa shape index (κ2) is 10.8. The van der Waals surface area contributed by atoms with E-state index in [9.17, 15) is 9.59 Å². The fourth-order valence-corrected chi connectivity index (χ4v) is 2.64.